The average molecular weight is 314 g/mol. The zero-order valence-corrected chi connectivity index (χ0v) is 12.9. The van der Waals surface area contributed by atoms with Gasteiger partial charge in [-0.1, -0.05) is 31.4 Å². The molecule has 6 heteroatoms. The van der Waals surface area contributed by atoms with Crippen molar-refractivity contribution in [3.05, 3.63) is 28.8 Å². The van der Waals surface area contributed by atoms with Gasteiger partial charge in [0, 0.05) is 10.6 Å². The molecule has 5 nitrogen and oxygen atoms in total. The van der Waals surface area contributed by atoms with E-state index in [1.807, 2.05) is 6.92 Å². The number of nitrogens with one attached hydrogen (secondary N) is 1. The van der Waals surface area contributed by atoms with Gasteiger partial charge in [-0.3, -0.25) is 4.79 Å². The molecule has 0 fully saturated rings. The molecule has 0 spiro atoms. The molecule has 1 rings (SSSR count). The minimum atomic E-state index is -1.02. The third-order valence-electron chi connectivity index (χ3n) is 3.07. The van der Waals surface area contributed by atoms with E-state index in [0.717, 1.165) is 12.8 Å². The molecule has 0 aliphatic heterocycles. The number of hydrogen-bond acceptors (Lipinski definition) is 3. The number of hydrogen-bond donors (Lipinski definition) is 2. The first-order valence-electron chi connectivity index (χ1n) is 6.82. The van der Waals surface area contributed by atoms with Crippen LogP contribution in [0.2, 0.25) is 5.02 Å². The van der Waals surface area contributed by atoms with E-state index in [2.05, 4.69) is 5.32 Å². The van der Waals surface area contributed by atoms with Crippen LogP contribution in [0.4, 0.5) is 0 Å². The topological polar surface area (TPSA) is 75.6 Å². The molecule has 0 aliphatic carbocycles. The van der Waals surface area contributed by atoms with Crippen LogP contribution in [0.25, 0.3) is 0 Å². The number of methoxy groups -OCH3 is 1. The van der Waals surface area contributed by atoms with Crippen LogP contribution in [-0.2, 0) is 16.0 Å². The zero-order valence-electron chi connectivity index (χ0n) is 12.2. The maximum Gasteiger partial charge on any atom is 0.326 e. The van der Waals surface area contributed by atoms with Crippen molar-refractivity contribution < 1.29 is 19.4 Å². The van der Waals surface area contributed by atoms with Gasteiger partial charge in [-0.2, -0.15) is 0 Å². The largest absolute Gasteiger partial charge is 0.496 e. The average Bonchev–Trinajstić information content (AvgIpc) is 2.43. The fraction of sp³-hybridized carbons (Fsp3) is 0.467. The van der Waals surface area contributed by atoms with Gasteiger partial charge in [0.2, 0.25) is 5.91 Å². The van der Waals surface area contributed by atoms with Crippen LogP contribution in [0.3, 0.4) is 0 Å². The van der Waals surface area contributed by atoms with Crippen molar-refractivity contribution in [3.8, 4) is 5.75 Å². The number of halogens is 1. The van der Waals surface area contributed by atoms with Crippen molar-refractivity contribution in [2.24, 2.45) is 0 Å². The predicted molar refractivity (Wildman–Crippen MR) is 80.8 cm³/mol. The SMILES string of the molecule is CCCC[C@H](NC(=O)Cc1cc(Cl)ccc1OC)C(=O)O. The summed E-state index contributed by atoms with van der Waals surface area (Å²) in [5.41, 5.74) is 0.627. The summed E-state index contributed by atoms with van der Waals surface area (Å²) in [4.78, 5) is 23.1. The van der Waals surface area contributed by atoms with Crippen LogP contribution in [-0.4, -0.2) is 30.1 Å². The highest BCUT2D eigenvalue weighted by atomic mass is 35.5. The van der Waals surface area contributed by atoms with Crippen molar-refractivity contribution in [1.82, 2.24) is 5.32 Å². The fourth-order valence-electron chi connectivity index (χ4n) is 1.97. The second kappa shape index (κ2) is 8.52. The number of benzene rings is 1. The monoisotopic (exact) mass is 313 g/mol. The van der Waals surface area contributed by atoms with Gasteiger partial charge >= 0.3 is 5.97 Å². The van der Waals surface area contributed by atoms with Crippen LogP contribution in [0, 0.1) is 0 Å². The van der Waals surface area contributed by atoms with Gasteiger partial charge in [0.15, 0.2) is 0 Å². The molecule has 0 aromatic heterocycles. The van der Waals surface area contributed by atoms with Gasteiger partial charge in [-0.25, -0.2) is 4.79 Å². The van der Waals surface area contributed by atoms with Crippen LogP contribution in [0.1, 0.15) is 31.7 Å². The number of aliphatic carboxylic acids is 1. The first-order chi connectivity index (χ1) is 9.97. The Bertz CT molecular complexity index is 504. The van der Waals surface area contributed by atoms with E-state index < -0.39 is 12.0 Å². The normalized spacial score (nSPS) is 11.8. The number of carbonyl (C=O) groups is 2. The second-order valence-corrected chi connectivity index (χ2v) is 5.17. The van der Waals surface area contributed by atoms with Crippen molar-refractivity contribution in [2.75, 3.05) is 7.11 Å². The summed E-state index contributed by atoms with van der Waals surface area (Å²) in [7, 11) is 1.51. The molecule has 0 radical (unpaired) electrons. The lowest BCUT2D eigenvalue weighted by Crippen LogP contribution is -2.41. The van der Waals surface area contributed by atoms with Gasteiger partial charge < -0.3 is 15.2 Å². The third kappa shape index (κ3) is 5.63. The highest BCUT2D eigenvalue weighted by Crippen LogP contribution is 2.23. The molecule has 0 heterocycles. The first kappa shape index (κ1) is 17.3. The van der Waals surface area contributed by atoms with Gasteiger partial charge in [0.1, 0.15) is 11.8 Å². The summed E-state index contributed by atoms with van der Waals surface area (Å²) in [6.07, 6.45) is 2.07. The molecule has 1 aromatic rings. The minimum Gasteiger partial charge on any atom is -0.496 e. The molecular formula is C15H20ClNO4. The number of unbranched alkanes of at least 4 members (excludes halogenated alkanes) is 1. The van der Waals surface area contributed by atoms with Gasteiger partial charge in [0.25, 0.3) is 0 Å². The van der Waals surface area contributed by atoms with Crippen molar-refractivity contribution in [3.63, 3.8) is 0 Å². The van der Waals surface area contributed by atoms with E-state index in [-0.39, 0.29) is 12.3 Å². The van der Waals surface area contributed by atoms with Crippen LogP contribution >= 0.6 is 11.6 Å². The molecule has 1 atom stereocenters. The molecule has 0 unspecified atom stereocenters. The van der Waals surface area contributed by atoms with E-state index in [9.17, 15) is 9.59 Å². The van der Waals surface area contributed by atoms with E-state index in [4.69, 9.17) is 21.4 Å². The molecule has 2 N–H and O–H groups in total. The summed E-state index contributed by atoms with van der Waals surface area (Å²) < 4.78 is 5.16. The number of carboxylic acids is 1. The lowest BCUT2D eigenvalue weighted by atomic mass is 10.1. The summed E-state index contributed by atoms with van der Waals surface area (Å²) in [6, 6.07) is 4.13. The molecule has 0 saturated heterocycles. The minimum absolute atomic E-state index is 0.0274. The standard InChI is InChI=1S/C15H20ClNO4/c1-3-4-5-12(15(19)20)17-14(18)9-10-8-11(16)6-7-13(10)21-2/h6-8,12H,3-5,9H2,1-2H3,(H,17,18)(H,19,20)/t12-/m0/s1. The van der Waals surface area contributed by atoms with Crippen LogP contribution in [0.5, 0.6) is 5.75 Å². The van der Waals surface area contributed by atoms with Gasteiger partial charge in [-0.05, 0) is 24.6 Å². The quantitative estimate of drug-likeness (QED) is 0.773. The summed E-state index contributed by atoms with van der Waals surface area (Å²) in [5, 5.41) is 12.1. The summed E-state index contributed by atoms with van der Waals surface area (Å²) >= 11 is 5.90. The molecule has 0 bridgehead atoms. The maximum atomic E-state index is 12.0. The number of rotatable bonds is 8. The van der Waals surface area contributed by atoms with E-state index in [1.54, 1.807) is 18.2 Å². The second-order valence-electron chi connectivity index (χ2n) is 4.73. The molecule has 1 aromatic carbocycles. The Hall–Kier alpha value is -1.75. The van der Waals surface area contributed by atoms with Gasteiger partial charge in [0.05, 0.1) is 13.5 Å². The first-order valence-corrected chi connectivity index (χ1v) is 7.20. The molecule has 1 amide bonds. The van der Waals surface area contributed by atoms with E-state index >= 15 is 0 Å². The maximum absolute atomic E-state index is 12.0. The summed E-state index contributed by atoms with van der Waals surface area (Å²) in [6.45, 7) is 1.97. The molecular weight excluding hydrogens is 294 g/mol. The Kier molecular flexibility index (Phi) is 7.02. The summed E-state index contributed by atoms with van der Waals surface area (Å²) in [5.74, 6) is -0.830. The lowest BCUT2D eigenvalue weighted by molar-refractivity contribution is -0.142. The Morgan fingerprint density at radius 1 is 1.43 bits per heavy atom. The Morgan fingerprint density at radius 2 is 2.14 bits per heavy atom. The Labute approximate surface area is 129 Å². The molecule has 0 aliphatic rings. The Balaban J connectivity index is 2.71. The van der Waals surface area contributed by atoms with Crippen molar-refractivity contribution in [2.45, 2.75) is 38.6 Å². The lowest BCUT2D eigenvalue weighted by Gasteiger charge is -2.15. The highest BCUT2D eigenvalue weighted by molar-refractivity contribution is 6.30. The predicted octanol–water partition coefficient (Wildman–Crippen LogP) is 2.65. The molecule has 0 saturated carbocycles. The fourth-order valence-corrected chi connectivity index (χ4v) is 2.16. The van der Waals surface area contributed by atoms with Crippen molar-refractivity contribution in [1.29, 1.82) is 0 Å². The number of carboxylic acid groups (broad SMARTS) is 1. The Morgan fingerprint density at radius 3 is 2.71 bits per heavy atom. The van der Waals surface area contributed by atoms with E-state index in [1.165, 1.54) is 7.11 Å². The third-order valence-corrected chi connectivity index (χ3v) is 3.31. The molecule has 21 heavy (non-hydrogen) atoms. The number of amides is 1. The number of ether oxygens (including phenoxy) is 1. The molecule has 116 valence electrons. The smallest absolute Gasteiger partial charge is 0.326 e. The van der Waals surface area contributed by atoms with Crippen LogP contribution in [0.15, 0.2) is 18.2 Å². The van der Waals surface area contributed by atoms with Crippen LogP contribution < -0.4 is 10.1 Å². The number of carbonyl (C=O) groups excluding carboxylic acids is 1. The van der Waals surface area contributed by atoms with E-state index in [0.29, 0.717) is 22.8 Å². The van der Waals surface area contributed by atoms with Gasteiger partial charge in [-0.15, -0.1) is 0 Å². The highest BCUT2D eigenvalue weighted by Gasteiger charge is 2.20. The zero-order chi connectivity index (χ0) is 15.8. The van der Waals surface area contributed by atoms with Crippen molar-refractivity contribution >= 4 is 23.5 Å².